The molecule has 0 aromatic carbocycles. The Labute approximate surface area is 86.4 Å². The maximum atomic E-state index is 5.17. The van der Waals surface area contributed by atoms with E-state index in [1.807, 2.05) is 7.05 Å². The topological polar surface area (TPSA) is 24.5 Å². The Balaban J connectivity index is 3.38. The average Bonchev–Trinajstić information content (AvgIpc) is 2.12. The van der Waals surface area contributed by atoms with Crippen molar-refractivity contribution in [1.29, 1.82) is 0 Å². The molecule has 0 radical (unpaired) electrons. The molecule has 3 nitrogen and oxygen atoms in total. The Morgan fingerprint density at radius 3 is 2.77 bits per heavy atom. The third-order valence-electron chi connectivity index (χ3n) is 1.71. The predicted molar refractivity (Wildman–Crippen MR) is 60.0 cm³/mol. The monoisotopic (exact) mass is 204 g/mol. The van der Waals surface area contributed by atoms with Gasteiger partial charge in [0.1, 0.15) is 0 Å². The van der Waals surface area contributed by atoms with Crippen LogP contribution in [0.5, 0.6) is 0 Å². The molecule has 13 heavy (non-hydrogen) atoms. The Hall–Kier alpha value is -0.350. The highest BCUT2D eigenvalue weighted by Crippen LogP contribution is 1.88. The zero-order chi connectivity index (χ0) is 10.1. The normalized spacial score (nSPS) is 9.77. The van der Waals surface area contributed by atoms with Crippen LogP contribution in [-0.4, -0.2) is 43.9 Å². The van der Waals surface area contributed by atoms with Crippen LogP contribution in [0.25, 0.3) is 0 Å². The van der Waals surface area contributed by atoms with Crippen molar-refractivity contribution in [1.82, 2.24) is 10.2 Å². The van der Waals surface area contributed by atoms with Crippen molar-refractivity contribution in [2.45, 2.75) is 19.8 Å². The SMILES string of the molecule is CCCN(C)C(=S)NCCCOC. The second-order valence-corrected chi connectivity index (χ2v) is 3.39. The van der Waals surface area contributed by atoms with Crippen molar-refractivity contribution in [3.63, 3.8) is 0 Å². The molecule has 0 aliphatic heterocycles. The largest absolute Gasteiger partial charge is 0.385 e. The number of methoxy groups -OCH3 is 1. The van der Waals surface area contributed by atoms with Gasteiger partial charge in [0.2, 0.25) is 0 Å². The van der Waals surface area contributed by atoms with E-state index in [0.717, 1.165) is 37.7 Å². The first kappa shape index (κ1) is 12.7. The Morgan fingerprint density at radius 1 is 1.54 bits per heavy atom. The first-order valence-electron chi connectivity index (χ1n) is 4.70. The number of nitrogens with zero attached hydrogens (tertiary/aromatic N) is 1. The van der Waals surface area contributed by atoms with Gasteiger partial charge in [0.05, 0.1) is 0 Å². The highest BCUT2D eigenvalue weighted by Gasteiger charge is 2.00. The van der Waals surface area contributed by atoms with Gasteiger partial charge in [-0.05, 0) is 25.1 Å². The number of nitrogens with one attached hydrogen (secondary N) is 1. The fourth-order valence-corrected chi connectivity index (χ4v) is 1.18. The second kappa shape index (κ2) is 8.26. The van der Waals surface area contributed by atoms with E-state index in [2.05, 4.69) is 17.1 Å². The molecule has 0 heterocycles. The molecule has 0 unspecified atom stereocenters. The van der Waals surface area contributed by atoms with E-state index in [-0.39, 0.29) is 0 Å². The molecule has 0 atom stereocenters. The van der Waals surface area contributed by atoms with Crippen LogP contribution in [0, 0.1) is 0 Å². The summed E-state index contributed by atoms with van der Waals surface area (Å²) in [6.07, 6.45) is 2.12. The van der Waals surface area contributed by atoms with Gasteiger partial charge in [-0.3, -0.25) is 0 Å². The minimum absolute atomic E-state index is 0.785. The summed E-state index contributed by atoms with van der Waals surface area (Å²) >= 11 is 5.17. The first-order valence-corrected chi connectivity index (χ1v) is 5.11. The van der Waals surface area contributed by atoms with E-state index in [9.17, 15) is 0 Å². The van der Waals surface area contributed by atoms with Gasteiger partial charge in [-0.15, -0.1) is 0 Å². The predicted octanol–water partition coefficient (Wildman–Crippen LogP) is 1.24. The number of hydrogen-bond acceptors (Lipinski definition) is 2. The van der Waals surface area contributed by atoms with Crippen LogP contribution in [0.2, 0.25) is 0 Å². The minimum atomic E-state index is 0.785. The van der Waals surface area contributed by atoms with Gasteiger partial charge in [0.15, 0.2) is 5.11 Å². The maximum absolute atomic E-state index is 5.17. The van der Waals surface area contributed by atoms with Crippen LogP contribution < -0.4 is 5.32 Å². The molecule has 78 valence electrons. The van der Waals surface area contributed by atoms with Crippen molar-refractivity contribution in [2.75, 3.05) is 33.9 Å². The standard InChI is InChI=1S/C9H20N2OS/c1-4-7-11(2)9(13)10-6-5-8-12-3/h4-8H2,1-3H3,(H,10,13). The summed E-state index contributed by atoms with van der Waals surface area (Å²) in [5.41, 5.74) is 0. The molecular weight excluding hydrogens is 184 g/mol. The van der Waals surface area contributed by atoms with E-state index in [1.165, 1.54) is 0 Å². The molecule has 0 rings (SSSR count). The quantitative estimate of drug-likeness (QED) is 0.520. The number of thiocarbonyl (C=S) groups is 1. The van der Waals surface area contributed by atoms with Crippen LogP contribution >= 0.6 is 12.2 Å². The molecule has 0 aromatic heterocycles. The summed E-state index contributed by atoms with van der Waals surface area (Å²) in [5.74, 6) is 0. The molecule has 0 bridgehead atoms. The lowest BCUT2D eigenvalue weighted by molar-refractivity contribution is 0.195. The molecule has 0 saturated carbocycles. The van der Waals surface area contributed by atoms with Gasteiger partial charge in [-0.25, -0.2) is 0 Å². The van der Waals surface area contributed by atoms with Gasteiger partial charge in [-0.2, -0.15) is 0 Å². The van der Waals surface area contributed by atoms with Crippen LogP contribution in [0.4, 0.5) is 0 Å². The van der Waals surface area contributed by atoms with Crippen molar-refractivity contribution in [3.8, 4) is 0 Å². The Kier molecular flexibility index (Phi) is 8.04. The summed E-state index contributed by atoms with van der Waals surface area (Å²) in [6.45, 7) is 4.83. The summed E-state index contributed by atoms with van der Waals surface area (Å²) in [6, 6.07) is 0. The van der Waals surface area contributed by atoms with Gasteiger partial charge >= 0.3 is 0 Å². The summed E-state index contributed by atoms with van der Waals surface area (Å²) in [5, 5.41) is 4.01. The second-order valence-electron chi connectivity index (χ2n) is 3.00. The molecule has 0 fully saturated rings. The molecule has 0 aromatic rings. The van der Waals surface area contributed by atoms with Crippen LogP contribution in [0.15, 0.2) is 0 Å². The summed E-state index contributed by atoms with van der Waals surface area (Å²) < 4.78 is 4.93. The van der Waals surface area contributed by atoms with Gasteiger partial charge in [0, 0.05) is 33.9 Å². The van der Waals surface area contributed by atoms with Crippen LogP contribution in [0.1, 0.15) is 19.8 Å². The van der Waals surface area contributed by atoms with Gasteiger partial charge < -0.3 is 15.0 Å². The Bertz CT molecular complexity index is 142. The first-order chi connectivity index (χ1) is 6.22. The van der Waals surface area contributed by atoms with E-state index in [4.69, 9.17) is 17.0 Å². The molecule has 0 aliphatic carbocycles. The summed E-state index contributed by atoms with van der Waals surface area (Å²) in [4.78, 5) is 2.06. The number of rotatable bonds is 6. The molecular formula is C9H20N2OS. The van der Waals surface area contributed by atoms with Crippen molar-refractivity contribution >= 4 is 17.3 Å². The average molecular weight is 204 g/mol. The van der Waals surface area contributed by atoms with E-state index < -0.39 is 0 Å². The molecule has 0 amide bonds. The molecule has 1 N–H and O–H groups in total. The Morgan fingerprint density at radius 2 is 2.23 bits per heavy atom. The van der Waals surface area contributed by atoms with Crippen LogP contribution in [0.3, 0.4) is 0 Å². The van der Waals surface area contributed by atoms with Gasteiger partial charge in [-0.1, -0.05) is 6.92 Å². The lowest BCUT2D eigenvalue weighted by Gasteiger charge is -2.19. The molecule has 4 heteroatoms. The van der Waals surface area contributed by atoms with Crippen molar-refractivity contribution in [3.05, 3.63) is 0 Å². The zero-order valence-electron chi connectivity index (χ0n) is 8.80. The van der Waals surface area contributed by atoms with E-state index >= 15 is 0 Å². The van der Waals surface area contributed by atoms with E-state index in [1.54, 1.807) is 7.11 Å². The summed E-state index contributed by atoms with van der Waals surface area (Å²) in [7, 11) is 3.72. The highest BCUT2D eigenvalue weighted by atomic mass is 32.1. The number of ether oxygens (including phenoxy) is 1. The lowest BCUT2D eigenvalue weighted by atomic mass is 10.4. The van der Waals surface area contributed by atoms with Crippen molar-refractivity contribution in [2.24, 2.45) is 0 Å². The third kappa shape index (κ3) is 6.78. The number of hydrogen-bond donors (Lipinski definition) is 1. The highest BCUT2D eigenvalue weighted by molar-refractivity contribution is 7.80. The van der Waals surface area contributed by atoms with Crippen molar-refractivity contribution < 1.29 is 4.74 Å². The third-order valence-corrected chi connectivity index (χ3v) is 2.16. The molecule has 0 saturated heterocycles. The lowest BCUT2D eigenvalue weighted by Crippen LogP contribution is -2.38. The minimum Gasteiger partial charge on any atom is -0.385 e. The smallest absolute Gasteiger partial charge is 0.168 e. The fraction of sp³-hybridized carbons (Fsp3) is 0.889. The van der Waals surface area contributed by atoms with Crippen LogP contribution in [-0.2, 0) is 4.74 Å². The molecule has 0 aliphatic rings. The zero-order valence-corrected chi connectivity index (χ0v) is 9.62. The fourth-order valence-electron chi connectivity index (χ4n) is 0.984. The van der Waals surface area contributed by atoms with Gasteiger partial charge in [0.25, 0.3) is 0 Å². The maximum Gasteiger partial charge on any atom is 0.168 e. The molecule has 0 spiro atoms. The van der Waals surface area contributed by atoms with E-state index in [0.29, 0.717) is 0 Å².